The van der Waals surface area contributed by atoms with Crippen LogP contribution in [0.3, 0.4) is 0 Å². The molecule has 0 unspecified atom stereocenters. The Morgan fingerprint density at radius 2 is 1.72 bits per heavy atom. The molecule has 1 aromatic heterocycles. The second kappa shape index (κ2) is 9.83. The van der Waals surface area contributed by atoms with E-state index in [9.17, 15) is 0 Å². The average Bonchev–Trinajstić information content (AvgIpc) is 2.81. The van der Waals surface area contributed by atoms with E-state index in [2.05, 4.69) is 16.0 Å². The Balaban J connectivity index is 1.77. The third kappa shape index (κ3) is 4.98. The number of benzene rings is 3. The van der Waals surface area contributed by atoms with E-state index in [1.165, 1.54) is 0 Å². The van der Waals surface area contributed by atoms with Crippen LogP contribution in [0, 0.1) is 6.07 Å². The molecule has 6 heteroatoms. The van der Waals surface area contributed by atoms with Crippen LogP contribution < -0.4 is 20.9 Å². The molecule has 4 rings (SSSR count). The highest BCUT2D eigenvalue weighted by Gasteiger charge is 2.17. The number of hydrogen-bond acceptors (Lipinski definition) is 6. The summed E-state index contributed by atoms with van der Waals surface area (Å²) in [6, 6.07) is 25.0. The Morgan fingerprint density at radius 3 is 2.41 bits per heavy atom. The highest BCUT2D eigenvalue weighted by Crippen LogP contribution is 2.40. The summed E-state index contributed by atoms with van der Waals surface area (Å²) in [6.45, 7) is 2.93. The molecule has 0 amide bonds. The summed E-state index contributed by atoms with van der Waals surface area (Å²) in [5.41, 5.74) is 16.4. The zero-order valence-corrected chi connectivity index (χ0v) is 17.9. The molecule has 4 aromatic rings. The number of aromatic nitrogens is 2. The minimum absolute atomic E-state index is 0.156. The van der Waals surface area contributed by atoms with E-state index in [-0.39, 0.29) is 5.95 Å². The lowest BCUT2D eigenvalue weighted by atomic mass is 9.98. The molecule has 1 heterocycles. The fourth-order valence-electron chi connectivity index (χ4n) is 3.49. The summed E-state index contributed by atoms with van der Waals surface area (Å²) in [7, 11) is 0. The number of nitrogens with two attached hydrogens (primary N) is 2. The Labute approximate surface area is 187 Å². The molecule has 0 aliphatic rings. The molecular formula is C26H25N4O2. The Kier molecular flexibility index (Phi) is 6.51. The van der Waals surface area contributed by atoms with Crippen LogP contribution in [0.4, 0.5) is 11.8 Å². The molecular weight excluding hydrogens is 400 g/mol. The Morgan fingerprint density at radius 1 is 0.938 bits per heavy atom. The predicted molar refractivity (Wildman–Crippen MR) is 126 cm³/mol. The SMILES string of the molecule is CCOc1cc(Cc2cnc(N)nc2N)cc(OCc2ccccc2)c1-c1c[c]ccc1. The molecule has 4 N–H and O–H groups in total. The van der Waals surface area contributed by atoms with Crippen molar-refractivity contribution in [1.82, 2.24) is 9.97 Å². The van der Waals surface area contributed by atoms with Crippen molar-refractivity contribution >= 4 is 11.8 Å². The molecule has 32 heavy (non-hydrogen) atoms. The summed E-state index contributed by atoms with van der Waals surface area (Å²) in [5, 5.41) is 0. The fraction of sp³-hybridized carbons (Fsp3) is 0.154. The molecule has 0 saturated heterocycles. The van der Waals surface area contributed by atoms with E-state index < -0.39 is 0 Å². The maximum atomic E-state index is 6.32. The van der Waals surface area contributed by atoms with Gasteiger partial charge in [-0.05, 0) is 47.9 Å². The molecule has 1 radical (unpaired) electrons. The largest absolute Gasteiger partial charge is 0.493 e. The van der Waals surface area contributed by atoms with Crippen LogP contribution in [-0.2, 0) is 13.0 Å². The minimum atomic E-state index is 0.156. The van der Waals surface area contributed by atoms with E-state index in [0.29, 0.717) is 25.5 Å². The zero-order chi connectivity index (χ0) is 22.3. The molecule has 0 saturated carbocycles. The van der Waals surface area contributed by atoms with Gasteiger partial charge in [0, 0.05) is 18.2 Å². The third-order valence-corrected chi connectivity index (χ3v) is 4.97. The number of ether oxygens (including phenoxy) is 2. The number of nitrogens with zero attached hydrogens (tertiary/aromatic N) is 2. The van der Waals surface area contributed by atoms with Crippen LogP contribution in [0.1, 0.15) is 23.6 Å². The molecule has 0 fully saturated rings. The molecule has 3 aromatic carbocycles. The second-order valence-electron chi connectivity index (χ2n) is 7.28. The standard InChI is InChI=1S/C26H25N4O2/c1-2-31-22-14-19(13-21-16-29-26(28)30-25(21)27)15-23(24(22)20-11-7-4-8-12-20)32-17-18-9-5-3-6-10-18/h3-7,9-12,14-16H,2,13,17H2,1H3,(H4,27,28,29,30). The van der Waals surface area contributed by atoms with Crippen molar-refractivity contribution < 1.29 is 9.47 Å². The van der Waals surface area contributed by atoms with Gasteiger partial charge in [-0.15, -0.1) is 0 Å². The molecule has 0 aliphatic carbocycles. The molecule has 6 nitrogen and oxygen atoms in total. The van der Waals surface area contributed by atoms with Crippen molar-refractivity contribution in [3.63, 3.8) is 0 Å². The van der Waals surface area contributed by atoms with Crippen LogP contribution in [0.15, 0.2) is 72.9 Å². The third-order valence-electron chi connectivity index (χ3n) is 4.97. The monoisotopic (exact) mass is 425 g/mol. The normalized spacial score (nSPS) is 10.7. The number of rotatable bonds is 8. The lowest BCUT2D eigenvalue weighted by molar-refractivity contribution is 0.301. The van der Waals surface area contributed by atoms with Gasteiger partial charge >= 0.3 is 0 Å². The van der Waals surface area contributed by atoms with Gasteiger partial charge in [-0.2, -0.15) is 4.98 Å². The smallest absolute Gasteiger partial charge is 0.221 e. The minimum Gasteiger partial charge on any atom is -0.493 e. The summed E-state index contributed by atoms with van der Waals surface area (Å²) in [6.07, 6.45) is 2.18. The second-order valence-corrected chi connectivity index (χ2v) is 7.28. The van der Waals surface area contributed by atoms with E-state index in [1.54, 1.807) is 6.20 Å². The number of nitrogen functional groups attached to an aromatic ring is 2. The zero-order valence-electron chi connectivity index (χ0n) is 17.9. The molecule has 0 spiro atoms. The van der Waals surface area contributed by atoms with Gasteiger partial charge in [0.25, 0.3) is 0 Å². The average molecular weight is 426 g/mol. The van der Waals surface area contributed by atoms with E-state index in [0.717, 1.165) is 39.3 Å². The van der Waals surface area contributed by atoms with Crippen LogP contribution in [0.25, 0.3) is 11.1 Å². The van der Waals surface area contributed by atoms with E-state index in [4.69, 9.17) is 20.9 Å². The Hall–Kier alpha value is -4.06. The van der Waals surface area contributed by atoms with Gasteiger partial charge in [0.05, 0.1) is 12.2 Å². The number of anilines is 2. The van der Waals surface area contributed by atoms with Gasteiger partial charge in [-0.25, -0.2) is 4.98 Å². The Bertz CT molecular complexity index is 1180. The highest BCUT2D eigenvalue weighted by molar-refractivity contribution is 5.77. The van der Waals surface area contributed by atoms with Gasteiger partial charge in [0.15, 0.2) is 0 Å². The van der Waals surface area contributed by atoms with Gasteiger partial charge in [-0.3, -0.25) is 0 Å². The topological polar surface area (TPSA) is 96.3 Å². The van der Waals surface area contributed by atoms with Crippen molar-refractivity contribution in [3.05, 3.63) is 95.7 Å². The summed E-state index contributed by atoms with van der Waals surface area (Å²) in [4.78, 5) is 8.15. The molecule has 0 atom stereocenters. The van der Waals surface area contributed by atoms with Crippen molar-refractivity contribution in [2.45, 2.75) is 20.0 Å². The van der Waals surface area contributed by atoms with Gasteiger partial charge in [-0.1, -0.05) is 48.5 Å². The lowest BCUT2D eigenvalue weighted by Crippen LogP contribution is -2.05. The van der Waals surface area contributed by atoms with Crippen LogP contribution in [0.2, 0.25) is 0 Å². The van der Waals surface area contributed by atoms with Crippen molar-refractivity contribution in [2.24, 2.45) is 0 Å². The number of hydrogen-bond donors (Lipinski definition) is 2. The van der Waals surface area contributed by atoms with Crippen molar-refractivity contribution in [3.8, 4) is 22.6 Å². The summed E-state index contributed by atoms with van der Waals surface area (Å²) >= 11 is 0. The fourth-order valence-corrected chi connectivity index (χ4v) is 3.49. The van der Waals surface area contributed by atoms with Crippen LogP contribution in [-0.4, -0.2) is 16.6 Å². The van der Waals surface area contributed by atoms with Crippen LogP contribution >= 0.6 is 0 Å². The van der Waals surface area contributed by atoms with Crippen molar-refractivity contribution in [1.29, 1.82) is 0 Å². The molecule has 161 valence electrons. The molecule has 0 bridgehead atoms. The lowest BCUT2D eigenvalue weighted by Gasteiger charge is -2.18. The first-order chi connectivity index (χ1) is 15.6. The first-order valence-electron chi connectivity index (χ1n) is 10.4. The predicted octanol–water partition coefficient (Wildman–Crippen LogP) is 4.68. The van der Waals surface area contributed by atoms with Gasteiger partial charge in [0.1, 0.15) is 23.9 Å². The summed E-state index contributed by atoms with van der Waals surface area (Å²) < 4.78 is 12.4. The van der Waals surface area contributed by atoms with Crippen molar-refractivity contribution in [2.75, 3.05) is 18.1 Å². The molecule has 0 aliphatic heterocycles. The van der Waals surface area contributed by atoms with Gasteiger partial charge in [0.2, 0.25) is 5.95 Å². The maximum Gasteiger partial charge on any atom is 0.221 e. The highest BCUT2D eigenvalue weighted by atomic mass is 16.5. The van der Waals surface area contributed by atoms with E-state index in [1.807, 2.05) is 73.7 Å². The summed E-state index contributed by atoms with van der Waals surface area (Å²) in [5.74, 6) is 1.99. The van der Waals surface area contributed by atoms with E-state index >= 15 is 0 Å². The van der Waals surface area contributed by atoms with Gasteiger partial charge < -0.3 is 20.9 Å². The van der Waals surface area contributed by atoms with Crippen LogP contribution in [0.5, 0.6) is 11.5 Å². The maximum absolute atomic E-state index is 6.32. The quantitative estimate of drug-likeness (QED) is 0.426. The first-order valence-corrected chi connectivity index (χ1v) is 10.4. The first kappa shape index (κ1) is 21.2.